The number of rotatable bonds is 14. The molecule has 1 fully saturated rings. The first-order valence-corrected chi connectivity index (χ1v) is 13.7. The summed E-state index contributed by atoms with van der Waals surface area (Å²) in [4.78, 5) is 67.0. The summed E-state index contributed by atoms with van der Waals surface area (Å²) in [6, 6.07) is 6.12. The maximum absolute atomic E-state index is 13.5. The minimum Gasteiger partial charge on any atom is -0.481 e. The Hall–Kier alpha value is -4.45. The largest absolute Gasteiger partial charge is 0.481 e. The van der Waals surface area contributed by atoms with E-state index in [-0.39, 0.29) is 25.2 Å². The number of nitrogens with one attached hydrogen (secondary N) is 1. The number of amides is 3. The molecule has 13 heteroatoms. The van der Waals surface area contributed by atoms with Gasteiger partial charge in [-0.05, 0) is 55.0 Å². The van der Waals surface area contributed by atoms with Crippen molar-refractivity contribution < 1.29 is 34.2 Å². The summed E-state index contributed by atoms with van der Waals surface area (Å²) in [5.74, 6) is -5.45. The van der Waals surface area contributed by atoms with E-state index in [1.165, 1.54) is 4.81 Å². The van der Waals surface area contributed by atoms with Gasteiger partial charge in [0.15, 0.2) is 0 Å². The van der Waals surface area contributed by atoms with Crippen LogP contribution in [0.4, 0.5) is 0 Å². The lowest BCUT2D eigenvalue weighted by Gasteiger charge is -2.32. The van der Waals surface area contributed by atoms with E-state index >= 15 is 0 Å². The van der Waals surface area contributed by atoms with Gasteiger partial charge in [-0.15, -0.1) is 0 Å². The highest BCUT2D eigenvalue weighted by atomic mass is 35.5. The van der Waals surface area contributed by atoms with Crippen LogP contribution in [0.5, 0.6) is 0 Å². The number of carbonyl (C=O) groups is 5. The Kier molecular flexibility index (Phi) is 11.0. The van der Waals surface area contributed by atoms with Crippen molar-refractivity contribution in [2.75, 3.05) is 0 Å². The third-order valence-corrected chi connectivity index (χ3v) is 6.96. The number of aliphatic carboxylic acids is 2. The predicted molar refractivity (Wildman–Crippen MR) is 159 cm³/mol. The Morgan fingerprint density at radius 1 is 1.14 bits per heavy atom. The zero-order valence-corrected chi connectivity index (χ0v) is 23.8. The molecule has 0 radical (unpaired) electrons. The highest BCUT2D eigenvalue weighted by molar-refractivity contribution is 6.66. The van der Waals surface area contributed by atoms with Gasteiger partial charge in [-0.2, -0.15) is 0 Å². The van der Waals surface area contributed by atoms with E-state index in [2.05, 4.69) is 11.9 Å². The number of allylic oxidation sites excluding steroid dienone is 7. The second-order valence-electron chi connectivity index (χ2n) is 9.93. The normalized spacial score (nSPS) is 16.7. The maximum atomic E-state index is 13.5. The monoisotopic (exact) mass is 594 g/mol. The van der Waals surface area contributed by atoms with Gasteiger partial charge in [0.2, 0.25) is 17.7 Å². The van der Waals surface area contributed by atoms with Crippen molar-refractivity contribution in [1.29, 1.82) is 0 Å². The number of carboxylic acid groups (broad SMARTS) is 2. The molecular formula is C29H32BClN4O7. The lowest BCUT2D eigenvalue weighted by Crippen LogP contribution is -2.52. The summed E-state index contributed by atoms with van der Waals surface area (Å²) < 4.78 is 0. The summed E-state index contributed by atoms with van der Waals surface area (Å²) in [6.45, 7) is 4.42. The fourth-order valence-electron chi connectivity index (χ4n) is 4.85. The Labute approximate surface area is 248 Å². The molecular weight excluding hydrogens is 563 g/mol. The lowest BCUT2D eigenvalue weighted by atomic mass is 9.57. The molecule has 2 heterocycles. The van der Waals surface area contributed by atoms with Crippen molar-refractivity contribution in [3.8, 4) is 0 Å². The molecule has 2 aliphatic rings. The number of carbonyl (C=O) groups excluding carboxylic acids is 3. The molecule has 1 aromatic carbocycles. The van der Waals surface area contributed by atoms with Gasteiger partial charge in [-0.1, -0.05) is 54.6 Å². The van der Waals surface area contributed by atoms with Crippen LogP contribution in [-0.2, 0) is 24.0 Å². The molecule has 0 spiro atoms. The number of hydrogen-bond donors (Lipinski definition) is 4. The van der Waals surface area contributed by atoms with E-state index < -0.39 is 55.4 Å². The average molecular weight is 595 g/mol. The Bertz CT molecular complexity index is 1400. The van der Waals surface area contributed by atoms with Crippen molar-refractivity contribution in [2.45, 2.75) is 57.3 Å². The molecule has 0 saturated carbocycles. The molecule has 2 unspecified atom stereocenters. The van der Waals surface area contributed by atoms with E-state index in [9.17, 15) is 29.1 Å². The van der Waals surface area contributed by atoms with Gasteiger partial charge >= 0.3 is 18.9 Å². The van der Waals surface area contributed by atoms with Gasteiger partial charge < -0.3 is 31.0 Å². The molecule has 0 bridgehead atoms. The van der Waals surface area contributed by atoms with E-state index in [1.54, 1.807) is 25.2 Å². The molecule has 11 nitrogen and oxygen atoms in total. The van der Waals surface area contributed by atoms with Gasteiger partial charge in [0.25, 0.3) is 0 Å². The SMILES string of the molecule is C=C/C=C(\C=C(/C)Cl)c1ccc(C2=NB(C(CCC(=O)O)C(=O)NC(CCC(=O)O)C(N)=O)N3C(=O)CCC3=C2)cc1. The molecule has 42 heavy (non-hydrogen) atoms. The highest BCUT2D eigenvalue weighted by Crippen LogP contribution is 2.35. The second kappa shape index (κ2) is 14.4. The van der Waals surface area contributed by atoms with Crippen LogP contribution in [0.25, 0.3) is 5.57 Å². The number of hydrogen-bond acceptors (Lipinski definition) is 6. The van der Waals surface area contributed by atoms with Crippen LogP contribution in [0.15, 0.2) is 70.8 Å². The quantitative estimate of drug-likeness (QED) is 0.188. The molecule has 1 saturated heterocycles. The maximum Gasteiger partial charge on any atom is 0.414 e. The number of halogens is 1. The van der Waals surface area contributed by atoms with Gasteiger partial charge in [0.1, 0.15) is 6.04 Å². The van der Waals surface area contributed by atoms with Gasteiger partial charge in [0.05, 0.1) is 11.5 Å². The van der Waals surface area contributed by atoms with Crippen LogP contribution in [0.2, 0.25) is 5.82 Å². The van der Waals surface area contributed by atoms with Crippen LogP contribution >= 0.6 is 11.6 Å². The van der Waals surface area contributed by atoms with Crippen molar-refractivity contribution in [3.05, 3.63) is 77.0 Å². The van der Waals surface area contributed by atoms with E-state index in [4.69, 9.17) is 27.3 Å². The smallest absolute Gasteiger partial charge is 0.414 e. The summed E-state index contributed by atoms with van der Waals surface area (Å²) in [7, 11) is 0. The predicted octanol–water partition coefficient (Wildman–Crippen LogP) is 3.27. The Morgan fingerprint density at radius 3 is 2.36 bits per heavy atom. The van der Waals surface area contributed by atoms with Crippen molar-refractivity contribution in [3.63, 3.8) is 0 Å². The lowest BCUT2D eigenvalue weighted by molar-refractivity contribution is -0.139. The number of carboxylic acids is 2. The van der Waals surface area contributed by atoms with E-state index in [0.717, 1.165) is 11.1 Å². The fourth-order valence-corrected chi connectivity index (χ4v) is 4.96. The molecule has 0 aliphatic carbocycles. The molecule has 1 aromatic rings. The molecule has 2 atom stereocenters. The van der Waals surface area contributed by atoms with Crippen molar-refractivity contribution in [2.24, 2.45) is 10.6 Å². The highest BCUT2D eigenvalue weighted by Gasteiger charge is 2.46. The van der Waals surface area contributed by atoms with Crippen molar-refractivity contribution in [1.82, 2.24) is 10.1 Å². The summed E-state index contributed by atoms with van der Waals surface area (Å²) in [6.07, 6.45) is 6.38. The van der Waals surface area contributed by atoms with Gasteiger partial charge in [-0.25, -0.2) is 0 Å². The molecule has 5 N–H and O–H groups in total. The van der Waals surface area contributed by atoms with Crippen LogP contribution < -0.4 is 11.1 Å². The third kappa shape index (κ3) is 8.29. The fraction of sp³-hybridized carbons (Fsp3) is 0.310. The average Bonchev–Trinajstić information content (AvgIpc) is 3.30. The van der Waals surface area contributed by atoms with Crippen LogP contribution in [0.3, 0.4) is 0 Å². The third-order valence-electron chi connectivity index (χ3n) is 6.85. The molecule has 2 aliphatic heterocycles. The zero-order valence-electron chi connectivity index (χ0n) is 23.1. The Morgan fingerprint density at radius 2 is 1.79 bits per heavy atom. The molecule has 3 rings (SSSR count). The van der Waals surface area contributed by atoms with Crippen LogP contribution in [-0.4, -0.2) is 63.4 Å². The van der Waals surface area contributed by atoms with Crippen molar-refractivity contribution >= 4 is 59.5 Å². The number of benzene rings is 1. The molecule has 0 aromatic heterocycles. The number of nitrogens with zero attached hydrogens (tertiary/aromatic N) is 2. The minimum atomic E-state index is -1.30. The number of fused-ring (bicyclic) bond motifs is 1. The van der Waals surface area contributed by atoms with E-state index in [0.29, 0.717) is 28.4 Å². The van der Waals surface area contributed by atoms with Gasteiger partial charge in [0, 0.05) is 30.0 Å². The second-order valence-corrected chi connectivity index (χ2v) is 10.5. The standard InChI is InChI=1S/C29H32BClN4O7/c1-3-4-20(15-17(2)31)18-5-7-19(8-6-18)24-16-21-9-12-25(36)35(21)30(34-24)22(10-13-26(37)38)29(42)33-23(28(32)41)11-14-27(39)40/h3-8,15-16,22-23H,1,9-14H2,2H3,(H2,32,41)(H,33,42)(H,37,38)(H,39,40)/b17-15+,20-4+. The zero-order chi connectivity index (χ0) is 31.0. The number of primary amides is 1. The van der Waals surface area contributed by atoms with Crippen LogP contribution in [0, 0.1) is 0 Å². The van der Waals surface area contributed by atoms with Crippen LogP contribution in [0.1, 0.15) is 56.6 Å². The Balaban J connectivity index is 2.01. The topological polar surface area (TPSA) is 179 Å². The first-order chi connectivity index (χ1) is 19.9. The molecule has 220 valence electrons. The first-order valence-electron chi connectivity index (χ1n) is 13.3. The van der Waals surface area contributed by atoms with E-state index in [1.807, 2.05) is 30.3 Å². The number of nitrogens with two attached hydrogens (primary N) is 1. The summed E-state index contributed by atoms with van der Waals surface area (Å²) in [5, 5.41) is 21.4. The minimum absolute atomic E-state index is 0.192. The van der Waals surface area contributed by atoms with Gasteiger partial charge in [-0.3, -0.25) is 24.0 Å². The first kappa shape index (κ1) is 32.1. The summed E-state index contributed by atoms with van der Waals surface area (Å²) in [5.41, 5.74) is 8.94. The summed E-state index contributed by atoms with van der Waals surface area (Å²) >= 11 is 6.08. The molecule has 3 amide bonds.